The van der Waals surface area contributed by atoms with Crippen molar-refractivity contribution in [2.45, 2.75) is 116 Å². The van der Waals surface area contributed by atoms with Crippen molar-refractivity contribution in [3.8, 4) is 0 Å². The van der Waals surface area contributed by atoms with Crippen molar-refractivity contribution in [3.05, 3.63) is 35.9 Å². The lowest BCUT2D eigenvalue weighted by atomic mass is 9.89. The monoisotopic (exact) mass is 630 g/mol. The van der Waals surface area contributed by atoms with Crippen LogP contribution in [-0.2, 0) is 33.4 Å². The van der Waals surface area contributed by atoms with Crippen LogP contribution >= 0.6 is 0 Å². The van der Waals surface area contributed by atoms with Crippen LogP contribution in [0.1, 0.15) is 78.9 Å². The van der Waals surface area contributed by atoms with E-state index in [0.717, 1.165) is 18.4 Å². The number of nitrogens with zero attached hydrogens (tertiary/aromatic N) is 2. The summed E-state index contributed by atoms with van der Waals surface area (Å²) in [5.41, 5.74) is 0.958. The van der Waals surface area contributed by atoms with E-state index in [0.29, 0.717) is 13.0 Å². The molecule has 0 radical (unpaired) electrons. The number of likely N-dealkylation sites (N-methyl/N-ethyl adjacent to an activating group) is 1. The normalized spacial score (nSPS) is 25.2. The molecule has 0 saturated carbocycles. The van der Waals surface area contributed by atoms with Crippen molar-refractivity contribution in [3.63, 3.8) is 0 Å². The van der Waals surface area contributed by atoms with Gasteiger partial charge in [0.2, 0.25) is 17.7 Å². The molecule has 45 heavy (non-hydrogen) atoms. The van der Waals surface area contributed by atoms with E-state index >= 15 is 0 Å². The molecule has 0 aliphatic carbocycles. The molecule has 2 fully saturated rings. The lowest BCUT2D eigenvalue weighted by Crippen LogP contribution is -2.60. The number of hydrogen-bond acceptors (Lipinski definition) is 7. The van der Waals surface area contributed by atoms with Gasteiger partial charge in [0.15, 0.2) is 6.10 Å². The second-order valence-electron chi connectivity index (χ2n) is 12.9. The number of hydrogen-bond donors (Lipinski definition) is 2. The van der Waals surface area contributed by atoms with Crippen molar-refractivity contribution in [2.24, 2.45) is 11.8 Å². The molecule has 0 aromatic heterocycles. The van der Waals surface area contributed by atoms with Gasteiger partial charge in [0.05, 0.1) is 30.7 Å². The zero-order valence-electron chi connectivity index (χ0n) is 28.4. The van der Waals surface area contributed by atoms with Crippen LogP contribution in [0.25, 0.3) is 0 Å². The van der Waals surface area contributed by atoms with Gasteiger partial charge in [0, 0.05) is 34.7 Å². The number of methoxy groups -OCH3 is 2. The van der Waals surface area contributed by atoms with Crippen molar-refractivity contribution >= 4 is 23.6 Å². The zero-order valence-corrected chi connectivity index (χ0v) is 28.4. The van der Waals surface area contributed by atoms with Gasteiger partial charge in [-0.05, 0) is 37.2 Å². The minimum atomic E-state index is -0.897. The molecule has 252 valence electrons. The minimum absolute atomic E-state index is 0.0131. The van der Waals surface area contributed by atoms with Crippen molar-refractivity contribution < 1.29 is 33.4 Å². The van der Waals surface area contributed by atoms with Crippen LogP contribution in [0.2, 0.25) is 0 Å². The second-order valence-corrected chi connectivity index (χ2v) is 12.9. The van der Waals surface area contributed by atoms with Gasteiger partial charge in [-0.2, -0.15) is 0 Å². The molecule has 1 aromatic carbocycles. The Morgan fingerprint density at radius 2 is 1.80 bits per heavy atom. The Morgan fingerprint density at radius 1 is 1.13 bits per heavy atom. The predicted octanol–water partition coefficient (Wildman–Crippen LogP) is 3.08. The van der Waals surface area contributed by atoms with Crippen LogP contribution in [0.4, 0.5) is 0 Å². The van der Waals surface area contributed by atoms with E-state index in [1.165, 1.54) is 6.92 Å². The summed E-state index contributed by atoms with van der Waals surface area (Å²) in [6.45, 7) is 11.7. The first-order valence-corrected chi connectivity index (χ1v) is 16.3. The highest BCUT2D eigenvalue weighted by Gasteiger charge is 2.47. The smallest absolute Gasteiger partial charge is 0.252 e. The Hall–Kier alpha value is -3.02. The largest absolute Gasteiger partial charge is 0.379 e. The van der Waals surface area contributed by atoms with Gasteiger partial charge in [-0.3, -0.25) is 19.2 Å². The van der Waals surface area contributed by atoms with E-state index < -0.39 is 30.4 Å². The van der Waals surface area contributed by atoms with Gasteiger partial charge in [-0.15, -0.1) is 0 Å². The van der Waals surface area contributed by atoms with E-state index in [9.17, 15) is 19.2 Å². The van der Waals surface area contributed by atoms with Crippen LogP contribution in [-0.4, -0.2) is 104 Å². The van der Waals surface area contributed by atoms with E-state index in [2.05, 4.69) is 10.6 Å². The van der Waals surface area contributed by atoms with Crippen molar-refractivity contribution in [1.82, 2.24) is 20.4 Å². The third-order valence-electron chi connectivity index (χ3n) is 9.45. The number of benzene rings is 1. The molecule has 0 bridgehead atoms. The molecule has 2 aliphatic rings. The lowest BCUT2D eigenvalue weighted by Gasteiger charge is -2.42. The van der Waals surface area contributed by atoms with Gasteiger partial charge in [-0.25, -0.2) is 0 Å². The Balaban J connectivity index is 1.82. The number of nitrogens with one attached hydrogen (secondary N) is 2. The Morgan fingerprint density at radius 3 is 2.36 bits per heavy atom. The summed E-state index contributed by atoms with van der Waals surface area (Å²) in [6, 6.07) is 8.07. The first-order valence-electron chi connectivity index (χ1n) is 16.3. The number of carbonyl (C=O) groups excluding carboxylic acids is 4. The fourth-order valence-corrected chi connectivity index (χ4v) is 6.85. The van der Waals surface area contributed by atoms with Crippen molar-refractivity contribution in [2.75, 3.05) is 27.8 Å². The molecule has 0 unspecified atom stereocenters. The molecule has 0 spiro atoms. The first-order chi connectivity index (χ1) is 21.4. The number of amides is 4. The maximum atomic E-state index is 14.0. The lowest BCUT2D eigenvalue weighted by molar-refractivity contribution is -0.173. The Bertz CT molecular complexity index is 1150. The van der Waals surface area contributed by atoms with Crippen LogP contribution in [0.3, 0.4) is 0 Å². The van der Waals surface area contributed by atoms with Gasteiger partial charge >= 0.3 is 0 Å². The average molecular weight is 631 g/mol. The maximum Gasteiger partial charge on any atom is 0.252 e. The number of rotatable bonds is 14. The average Bonchev–Trinajstić information content (AvgIpc) is 3.50. The summed E-state index contributed by atoms with van der Waals surface area (Å²) < 4.78 is 18.3. The Kier molecular flexibility index (Phi) is 13.4. The van der Waals surface area contributed by atoms with E-state index in [-0.39, 0.29) is 60.1 Å². The molecule has 2 saturated heterocycles. The fourth-order valence-electron chi connectivity index (χ4n) is 6.85. The highest BCUT2D eigenvalue weighted by Crippen LogP contribution is 2.33. The highest BCUT2D eigenvalue weighted by molar-refractivity contribution is 5.87. The molecule has 2 N–H and O–H groups in total. The molecule has 2 aliphatic heterocycles. The van der Waals surface area contributed by atoms with Gasteiger partial charge < -0.3 is 34.6 Å². The SMILES string of the molecule is CC[C@H](C)[C@@H]([C@@H](CC(=O)N1CCC[C@H]1[C@H](OC)[C@H]1O[C@@H](c2ccccc2)[C@@H](C)NC1=O)OC)N(C)C(=O)[C@@H](NC(C)=O)C(C)C. The summed E-state index contributed by atoms with van der Waals surface area (Å²) in [5, 5.41) is 5.84. The first kappa shape index (κ1) is 36.4. The molecular formula is C34H54N4O7. The minimum Gasteiger partial charge on any atom is -0.379 e. The van der Waals surface area contributed by atoms with Gasteiger partial charge in [0.25, 0.3) is 5.91 Å². The number of carbonyl (C=O) groups is 4. The van der Waals surface area contributed by atoms with Crippen LogP contribution in [0.5, 0.6) is 0 Å². The third-order valence-corrected chi connectivity index (χ3v) is 9.45. The van der Waals surface area contributed by atoms with Gasteiger partial charge in [0.1, 0.15) is 18.2 Å². The van der Waals surface area contributed by atoms with Crippen LogP contribution in [0.15, 0.2) is 30.3 Å². The van der Waals surface area contributed by atoms with E-state index in [4.69, 9.17) is 14.2 Å². The van der Waals surface area contributed by atoms with Gasteiger partial charge in [-0.1, -0.05) is 64.4 Å². The number of morpholine rings is 1. The van der Waals surface area contributed by atoms with E-state index in [1.807, 2.05) is 65.0 Å². The fraction of sp³-hybridized carbons (Fsp3) is 0.706. The molecule has 11 heteroatoms. The summed E-state index contributed by atoms with van der Waals surface area (Å²) in [7, 11) is 4.83. The summed E-state index contributed by atoms with van der Waals surface area (Å²) in [4.78, 5) is 56.3. The topological polar surface area (TPSA) is 127 Å². The molecular weight excluding hydrogens is 576 g/mol. The second kappa shape index (κ2) is 16.5. The Labute approximate surface area is 268 Å². The van der Waals surface area contributed by atoms with Crippen LogP contribution < -0.4 is 10.6 Å². The maximum absolute atomic E-state index is 14.0. The van der Waals surface area contributed by atoms with Crippen LogP contribution in [0, 0.1) is 11.8 Å². The number of likely N-dealkylation sites (tertiary alicyclic amines) is 1. The molecule has 9 atom stereocenters. The standard InChI is InChI=1S/C34H54N4O7/c1-10-21(4)29(37(7)34(42)28(20(2)3)36-23(6)39)26(43-8)19-27(40)38-18-14-17-25(38)31(44-9)32-33(41)35-22(5)30(45-32)24-15-12-11-13-16-24/h11-13,15-16,20-22,25-26,28-32H,10,14,17-19H2,1-9H3,(H,35,41)(H,36,39)/t21-,22+,25-,26+,28-,29-,30+,31-,32+/m0/s1. The molecule has 11 nitrogen and oxygen atoms in total. The summed E-state index contributed by atoms with van der Waals surface area (Å²) in [5.74, 6) is -0.996. The quantitative estimate of drug-likeness (QED) is 0.324. The summed E-state index contributed by atoms with van der Waals surface area (Å²) in [6.07, 6.45) is -0.277. The third kappa shape index (κ3) is 8.62. The predicted molar refractivity (Wildman–Crippen MR) is 171 cm³/mol. The van der Waals surface area contributed by atoms with Crippen molar-refractivity contribution in [1.29, 1.82) is 0 Å². The summed E-state index contributed by atoms with van der Waals surface area (Å²) >= 11 is 0. The number of ether oxygens (including phenoxy) is 3. The zero-order chi connectivity index (χ0) is 33.4. The highest BCUT2D eigenvalue weighted by atomic mass is 16.6. The van der Waals surface area contributed by atoms with E-state index in [1.54, 1.807) is 31.1 Å². The molecule has 3 rings (SSSR count). The molecule has 4 amide bonds. The molecule has 2 heterocycles. The molecule has 1 aromatic rings.